The Morgan fingerprint density at radius 3 is 2.41 bits per heavy atom. The highest BCUT2D eigenvalue weighted by Gasteiger charge is 2.29. The summed E-state index contributed by atoms with van der Waals surface area (Å²) in [6, 6.07) is 11.8. The summed E-state index contributed by atoms with van der Waals surface area (Å²) in [5.41, 5.74) is 1.37. The molecular weight excluding hydrogens is 338 g/mol. The van der Waals surface area contributed by atoms with Crippen molar-refractivity contribution >= 4 is 6.03 Å². The van der Waals surface area contributed by atoms with Crippen molar-refractivity contribution in [2.24, 2.45) is 0 Å². The van der Waals surface area contributed by atoms with Crippen LogP contribution in [0.1, 0.15) is 24.8 Å². The topological polar surface area (TPSA) is 50.9 Å². The van der Waals surface area contributed by atoms with Gasteiger partial charge in [0.25, 0.3) is 0 Å². The van der Waals surface area contributed by atoms with Gasteiger partial charge in [-0.3, -0.25) is 9.80 Å². The van der Waals surface area contributed by atoms with Crippen LogP contribution < -0.4 is 10.6 Å². The summed E-state index contributed by atoms with van der Waals surface area (Å²) >= 11 is 0. The van der Waals surface area contributed by atoms with Crippen molar-refractivity contribution in [1.82, 2.24) is 25.3 Å². The summed E-state index contributed by atoms with van der Waals surface area (Å²) < 4.78 is 0. The molecule has 0 aromatic heterocycles. The van der Waals surface area contributed by atoms with Crippen LogP contribution in [0.4, 0.5) is 4.79 Å². The molecule has 0 saturated carbocycles. The number of likely N-dealkylation sites (tertiary alicyclic amines) is 1. The van der Waals surface area contributed by atoms with Crippen molar-refractivity contribution in [3.63, 3.8) is 0 Å². The highest BCUT2D eigenvalue weighted by atomic mass is 16.2. The van der Waals surface area contributed by atoms with Gasteiger partial charge in [0.1, 0.15) is 0 Å². The molecule has 4 rings (SSSR count). The highest BCUT2D eigenvalue weighted by Crippen LogP contribution is 2.15. The summed E-state index contributed by atoms with van der Waals surface area (Å²) in [5.74, 6) is 0. The summed E-state index contributed by atoms with van der Waals surface area (Å²) in [5, 5.41) is 6.72. The van der Waals surface area contributed by atoms with E-state index < -0.39 is 0 Å². The van der Waals surface area contributed by atoms with Gasteiger partial charge in [-0.2, -0.15) is 0 Å². The van der Waals surface area contributed by atoms with Crippen LogP contribution in [0.25, 0.3) is 0 Å². The molecule has 6 nitrogen and oxygen atoms in total. The third-order valence-electron chi connectivity index (χ3n) is 6.32. The molecule has 3 aliphatic heterocycles. The minimum atomic E-state index is 0.140. The number of hydrogen-bond acceptors (Lipinski definition) is 4. The van der Waals surface area contributed by atoms with E-state index in [-0.39, 0.29) is 6.03 Å². The van der Waals surface area contributed by atoms with E-state index in [0.717, 1.165) is 71.7 Å². The first-order valence-corrected chi connectivity index (χ1v) is 10.5. The van der Waals surface area contributed by atoms with Crippen LogP contribution in [-0.2, 0) is 6.54 Å². The molecule has 3 heterocycles. The maximum absolute atomic E-state index is 12.6. The van der Waals surface area contributed by atoms with Gasteiger partial charge >= 0.3 is 6.03 Å². The van der Waals surface area contributed by atoms with Crippen molar-refractivity contribution < 1.29 is 4.79 Å². The number of piperazine rings is 1. The molecule has 1 aromatic carbocycles. The predicted octanol–water partition coefficient (Wildman–Crippen LogP) is 1.34. The standard InChI is InChI=1S/C21H33N5O/c27-21(26-14-12-25(13-15-26)20-6-9-22-16-20)23-19-7-10-24(11-8-19)17-18-4-2-1-3-5-18/h1-5,19-20,22H,6-17H2,(H,23,27)/t20-/m1/s1. The van der Waals surface area contributed by atoms with E-state index in [0.29, 0.717) is 12.1 Å². The predicted molar refractivity (Wildman–Crippen MR) is 108 cm³/mol. The average molecular weight is 372 g/mol. The molecule has 0 unspecified atom stereocenters. The Bertz CT molecular complexity index is 588. The quantitative estimate of drug-likeness (QED) is 0.839. The monoisotopic (exact) mass is 371 g/mol. The minimum absolute atomic E-state index is 0.140. The van der Waals surface area contributed by atoms with Crippen LogP contribution in [0.3, 0.4) is 0 Å². The van der Waals surface area contributed by atoms with E-state index in [1.165, 1.54) is 12.0 Å². The Morgan fingerprint density at radius 1 is 1.00 bits per heavy atom. The smallest absolute Gasteiger partial charge is 0.317 e. The maximum Gasteiger partial charge on any atom is 0.317 e. The number of nitrogens with zero attached hydrogens (tertiary/aromatic N) is 3. The summed E-state index contributed by atoms with van der Waals surface area (Å²) in [4.78, 5) is 19.7. The Balaban J connectivity index is 1.16. The number of piperidine rings is 1. The Morgan fingerprint density at radius 2 is 1.74 bits per heavy atom. The first kappa shape index (κ1) is 18.7. The highest BCUT2D eigenvalue weighted by molar-refractivity contribution is 5.74. The van der Waals surface area contributed by atoms with Crippen LogP contribution in [0.2, 0.25) is 0 Å². The second-order valence-electron chi connectivity index (χ2n) is 8.16. The molecule has 1 aromatic rings. The fourth-order valence-electron chi connectivity index (χ4n) is 4.58. The van der Waals surface area contributed by atoms with Gasteiger partial charge in [0.2, 0.25) is 0 Å². The number of carbonyl (C=O) groups is 1. The number of benzene rings is 1. The number of rotatable bonds is 4. The molecule has 0 radical (unpaired) electrons. The zero-order chi connectivity index (χ0) is 18.5. The van der Waals surface area contributed by atoms with Crippen LogP contribution in [-0.4, -0.2) is 85.2 Å². The lowest BCUT2D eigenvalue weighted by atomic mass is 10.0. The molecule has 3 aliphatic rings. The van der Waals surface area contributed by atoms with Gasteiger partial charge in [-0.15, -0.1) is 0 Å². The normalized spacial score (nSPS) is 25.6. The molecule has 27 heavy (non-hydrogen) atoms. The summed E-state index contributed by atoms with van der Waals surface area (Å²) in [7, 11) is 0. The lowest BCUT2D eigenvalue weighted by Crippen LogP contribution is -2.56. The van der Waals surface area contributed by atoms with E-state index in [2.05, 4.69) is 50.8 Å². The SMILES string of the molecule is O=C(NC1CCN(Cc2ccccc2)CC1)N1CCN([C@@H]2CCNC2)CC1. The zero-order valence-electron chi connectivity index (χ0n) is 16.3. The van der Waals surface area contributed by atoms with Crippen molar-refractivity contribution in [3.8, 4) is 0 Å². The van der Waals surface area contributed by atoms with Gasteiger partial charge in [-0.05, 0) is 31.4 Å². The first-order chi connectivity index (χ1) is 13.3. The van der Waals surface area contributed by atoms with Crippen LogP contribution >= 0.6 is 0 Å². The zero-order valence-corrected chi connectivity index (χ0v) is 16.3. The van der Waals surface area contributed by atoms with Crippen molar-refractivity contribution in [2.45, 2.75) is 37.9 Å². The molecule has 3 saturated heterocycles. The molecule has 0 spiro atoms. The van der Waals surface area contributed by atoms with Crippen LogP contribution in [0, 0.1) is 0 Å². The van der Waals surface area contributed by atoms with Crippen LogP contribution in [0.5, 0.6) is 0 Å². The number of hydrogen-bond donors (Lipinski definition) is 2. The molecule has 3 fully saturated rings. The third kappa shape index (κ3) is 5.00. The lowest BCUT2D eigenvalue weighted by molar-refractivity contribution is 0.109. The lowest BCUT2D eigenvalue weighted by Gasteiger charge is -2.39. The van der Waals surface area contributed by atoms with Crippen LogP contribution in [0.15, 0.2) is 30.3 Å². The number of carbonyl (C=O) groups excluding carboxylic acids is 1. The molecule has 6 heteroatoms. The third-order valence-corrected chi connectivity index (χ3v) is 6.32. The van der Waals surface area contributed by atoms with Gasteiger partial charge in [-0.25, -0.2) is 4.79 Å². The van der Waals surface area contributed by atoms with E-state index in [1.54, 1.807) is 0 Å². The summed E-state index contributed by atoms with van der Waals surface area (Å²) in [6.07, 6.45) is 3.34. The second kappa shape index (κ2) is 9.04. The fraction of sp³-hybridized carbons (Fsp3) is 0.667. The number of nitrogens with one attached hydrogen (secondary N) is 2. The molecule has 148 valence electrons. The Hall–Kier alpha value is -1.63. The van der Waals surface area contributed by atoms with Crippen molar-refractivity contribution in [3.05, 3.63) is 35.9 Å². The van der Waals surface area contributed by atoms with E-state index in [9.17, 15) is 4.79 Å². The minimum Gasteiger partial charge on any atom is -0.335 e. The first-order valence-electron chi connectivity index (χ1n) is 10.5. The van der Waals surface area contributed by atoms with Gasteiger partial charge in [0.05, 0.1) is 0 Å². The molecule has 2 amide bonds. The largest absolute Gasteiger partial charge is 0.335 e. The van der Waals surface area contributed by atoms with Crippen molar-refractivity contribution in [1.29, 1.82) is 0 Å². The molecule has 2 N–H and O–H groups in total. The molecule has 0 bridgehead atoms. The molecule has 1 atom stereocenters. The number of urea groups is 1. The summed E-state index contributed by atoms with van der Waals surface area (Å²) in [6.45, 7) is 9.10. The van der Waals surface area contributed by atoms with Gasteiger partial charge < -0.3 is 15.5 Å². The van der Waals surface area contributed by atoms with E-state index in [4.69, 9.17) is 0 Å². The number of amides is 2. The van der Waals surface area contributed by atoms with Gasteiger partial charge in [0.15, 0.2) is 0 Å². The van der Waals surface area contributed by atoms with Gasteiger partial charge in [-0.1, -0.05) is 30.3 Å². The second-order valence-corrected chi connectivity index (χ2v) is 8.16. The molecular formula is C21H33N5O. The van der Waals surface area contributed by atoms with Gasteiger partial charge in [0, 0.05) is 64.4 Å². The Labute approximate surface area is 162 Å². The van der Waals surface area contributed by atoms with E-state index in [1.807, 2.05) is 4.90 Å². The average Bonchev–Trinajstić information content (AvgIpc) is 3.25. The van der Waals surface area contributed by atoms with E-state index >= 15 is 0 Å². The molecule has 0 aliphatic carbocycles. The Kier molecular flexibility index (Phi) is 6.27. The van der Waals surface area contributed by atoms with Crippen molar-refractivity contribution in [2.75, 3.05) is 52.4 Å². The maximum atomic E-state index is 12.6. The fourth-order valence-corrected chi connectivity index (χ4v) is 4.58.